The number of carbonyl (C=O) groups excluding carboxylic acids is 2. The molecule has 3 heteroatoms. The van der Waals surface area contributed by atoms with Gasteiger partial charge in [0.25, 0.3) is 0 Å². The van der Waals surface area contributed by atoms with Crippen molar-refractivity contribution >= 4 is 12.3 Å². The van der Waals surface area contributed by atoms with Crippen LogP contribution in [0.2, 0.25) is 0 Å². The van der Waals surface area contributed by atoms with Crippen molar-refractivity contribution in [3.8, 4) is 0 Å². The second-order valence-corrected chi connectivity index (χ2v) is 3.53. The Labute approximate surface area is 95.4 Å². The van der Waals surface area contributed by atoms with E-state index in [-0.39, 0.29) is 6.61 Å². The first-order chi connectivity index (χ1) is 7.71. The van der Waals surface area contributed by atoms with Gasteiger partial charge >= 0.3 is 5.97 Å². The third kappa shape index (κ3) is 2.13. The van der Waals surface area contributed by atoms with Crippen LogP contribution in [0.5, 0.6) is 0 Å². The third-order valence-corrected chi connectivity index (χ3v) is 2.69. The van der Waals surface area contributed by atoms with Gasteiger partial charge in [-0.25, -0.2) is 0 Å². The summed E-state index contributed by atoms with van der Waals surface area (Å²) in [5.41, 5.74) is -0.469. The molecule has 0 spiro atoms. The van der Waals surface area contributed by atoms with E-state index in [0.29, 0.717) is 18.3 Å². The predicted molar refractivity (Wildman–Crippen MR) is 61.1 cm³/mol. The molecular weight excluding hydrogens is 204 g/mol. The minimum absolute atomic E-state index is 0.279. The fourth-order valence-electron chi connectivity index (χ4n) is 1.66. The van der Waals surface area contributed by atoms with E-state index in [2.05, 4.69) is 0 Å². The van der Waals surface area contributed by atoms with E-state index in [1.807, 2.05) is 18.2 Å². The minimum Gasteiger partial charge on any atom is -0.465 e. The molecule has 1 aromatic rings. The van der Waals surface area contributed by atoms with Crippen molar-refractivity contribution in [1.82, 2.24) is 0 Å². The molecule has 0 aliphatic rings. The number of benzene rings is 1. The Balaban J connectivity index is 3.15. The predicted octanol–water partition coefficient (Wildman–Crippen LogP) is 2.10. The Morgan fingerprint density at radius 3 is 2.38 bits per heavy atom. The Morgan fingerprint density at radius 2 is 1.94 bits per heavy atom. The van der Waals surface area contributed by atoms with Gasteiger partial charge in [-0.1, -0.05) is 37.3 Å². The van der Waals surface area contributed by atoms with Gasteiger partial charge in [-0.2, -0.15) is 0 Å². The van der Waals surface area contributed by atoms with Crippen molar-refractivity contribution < 1.29 is 14.3 Å². The van der Waals surface area contributed by atoms with E-state index in [1.165, 1.54) is 0 Å². The van der Waals surface area contributed by atoms with Crippen LogP contribution in [0.15, 0.2) is 30.3 Å². The summed E-state index contributed by atoms with van der Waals surface area (Å²) in [5.74, 6) is -0.473. The summed E-state index contributed by atoms with van der Waals surface area (Å²) in [5, 5.41) is 0. The fraction of sp³-hybridized carbons (Fsp3) is 0.385. The topological polar surface area (TPSA) is 43.4 Å². The van der Waals surface area contributed by atoms with Crippen LogP contribution < -0.4 is 0 Å². The van der Waals surface area contributed by atoms with Gasteiger partial charge in [0.2, 0.25) is 0 Å². The molecule has 0 aliphatic heterocycles. The average molecular weight is 220 g/mol. The van der Waals surface area contributed by atoms with E-state index in [1.54, 1.807) is 26.0 Å². The van der Waals surface area contributed by atoms with E-state index in [4.69, 9.17) is 4.74 Å². The van der Waals surface area contributed by atoms with Crippen molar-refractivity contribution in [2.75, 3.05) is 6.61 Å². The lowest BCUT2D eigenvalue weighted by atomic mass is 9.79. The molecule has 0 saturated heterocycles. The first-order valence-electron chi connectivity index (χ1n) is 5.40. The zero-order valence-electron chi connectivity index (χ0n) is 9.60. The molecule has 0 radical (unpaired) electrons. The first kappa shape index (κ1) is 12.4. The van der Waals surface area contributed by atoms with Crippen molar-refractivity contribution in [1.29, 1.82) is 0 Å². The Bertz CT molecular complexity index is 359. The van der Waals surface area contributed by atoms with Crippen molar-refractivity contribution in [2.24, 2.45) is 0 Å². The summed E-state index contributed by atoms with van der Waals surface area (Å²) in [6, 6.07) is 9.01. The van der Waals surface area contributed by atoms with E-state index >= 15 is 0 Å². The molecule has 0 N–H and O–H groups in total. The highest BCUT2D eigenvalue weighted by atomic mass is 16.5. The quantitative estimate of drug-likeness (QED) is 0.433. The SMILES string of the molecule is CCOC(=O)C(C=O)(CC)c1ccccc1. The molecule has 1 rings (SSSR count). The number of esters is 1. The minimum atomic E-state index is -1.16. The van der Waals surface area contributed by atoms with E-state index < -0.39 is 11.4 Å². The second-order valence-electron chi connectivity index (χ2n) is 3.53. The summed E-state index contributed by atoms with van der Waals surface area (Å²) in [7, 11) is 0. The summed E-state index contributed by atoms with van der Waals surface area (Å²) >= 11 is 0. The number of rotatable bonds is 5. The maximum absolute atomic E-state index is 11.9. The number of hydrogen-bond acceptors (Lipinski definition) is 3. The molecule has 1 atom stereocenters. The number of ether oxygens (including phenoxy) is 1. The Kier molecular flexibility index (Phi) is 4.23. The summed E-state index contributed by atoms with van der Waals surface area (Å²) < 4.78 is 4.97. The highest BCUT2D eigenvalue weighted by Crippen LogP contribution is 2.27. The second kappa shape index (κ2) is 5.45. The van der Waals surface area contributed by atoms with Gasteiger partial charge in [0, 0.05) is 0 Å². The average Bonchev–Trinajstić information content (AvgIpc) is 2.33. The zero-order chi connectivity index (χ0) is 12.0. The van der Waals surface area contributed by atoms with Crippen LogP contribution in [0, 0.1) is 0 Å². The van der Waals surface area contributed by atoms with Crippen molar-refractivity contribution in [3.05, 3.63) is 35.9 Å². The van der Waals surface area contributed by atoms with Gasteiger partial charge < -0.3 is 9.53 Å². The van der Waals surface area contributed by atoms with Gasteiger partial charge in [0.05, 0.1) is 6.61 Å². The zero-order valence-corrected chi connectivity index (χ0v) is 9.60. The number of hydrogen-bond donors (Lipinski definition) is 0. The van der Waals surface area contributed by atoms with Crippen LogP contribution in [-0.4, -0.2) is 18.9 Å². The molecular formula is C13H16O3. The Hall–Kier alpha value is -1.64. The molecule has 3 nitrogen and oxygen atoms in total. The van der Waals surface area contributed by atoms with Crippen LogP contribution in [0.3, 0.4) is 0 Å². The third-order valence-electron chi connectivity index (χ3n) is 2.69. The molecule has 0 bridgehead atoms. The molecule has 0 amide bonds. The monoisotopic (exact) mass is 220 g/mol. The fourth-order valence-corrected chi connectivity index (χ4v) is 1.66. The first-order valence-corrected chi connectivity index (χ1v) is 5.40. The van der Waals surface area contributed by atoms with Gasteiger partial charge in [0.1, 0.15) is 11.7 Å². The largest absolute Gasteiger partial charge is 0.465 e. The molecule has 0 saturated carbocycles. The summed E-state index contributed by atoms with van der Waals surface area (Å²) in [6.07, 6.45) is 1.08. The van der Waals surface area contributed by atoms with Gasteiger partial charge in [-0.15, -0.1) is 0 Å². The standard InChI is InChI=1S/C13H16O3/c1-3-13(10-14,12(15)16-4-2)11-8-6-5-7-9-11/h5-10H,3-4H2,1-2H3. The molecule has 1 aromatic carbocycles. The molecule has 0 fully saturated rings. The Morgan fingerprint density at radius 1 is 1.31 bits per heavy atom. The lowest BCUT2D eigenvalue weighted by Crippen LogP contribution is -2.38. The molecule has 16 heavy (non-hydrogen) atoms. The smallest absolute Gasteiger partial charge is 0.323 e. The highest BCUT2D eigenvalue weighted by molar-refractivity contribution is 5.99. The lowest BCUT2D eigenvalue weighted by molar-refractivity contribution is -0.151. The lowest BCUT2D eigenvalue weighted by Gasteiger charge is -2.24. The number of aldehydes is 1. The van der Waals surface area contributed by atoms with Crippen LogP contribution in [-0.2, 0) is 19.7 Å². The molecule has 0 heterocycles. The molecule has 0 aromatic heterocycles. The summed E-state index contributed by atoms with van der Waals surface area (Å²) in [4.78, 5) is 23.1. The van der Waals surface area contributed by atoms with Crippen LogP contribution in [0.25, 0.3) is 0 Å². The molecule has 0 aliphatic carbocycles. The summed E-state index contributed by atoms with van der Waals surface area (Å²) in [6.45, 7) is 3.81. The van der Waals surface area contributed by atoms with E-state index in [9.17, 15) is 9.59 Å². The normalized spacial score (nSPS) is 13.9. The molecule has 86 valence electrons. The van der Waals surface area contributed by atoms with Crippen LogP contribution in [0.4, 0.5) is 0 Å². The molecule has 1 unspecified atom stereocenters. The van der Waals surface area contributed by atoms with Crippen molar-refractivity contribution in [2.45, 2.75) is 25.7 Å². The van der Waals surface area contributed by atoms with Gasteiger partial charge in [-0.05, 0) is 18.9 Å². The van der Waals surface area contributed by atoms with E-state index in [0.717, 1.165) is 0 Å². The maximum Gasteiger partial charge on any atom is 0.323 e. The van der Waals surface area contributed by atoms with Crippen molar-refractivity contribution in [3.63, 3.8) is 0 Å². The maximum atomic E-state index is 11.9. The van der Waals surface area contributed by atoms with Crippen LogP contribution >= 0.6 is 0 Å². The number of carbonyl (C=O) groups is 2. The van der Waals surface area contributed by atoms with Gasteiger partial charge in [0.15, 0.2) is 0 Å². The van der Waals surface area contributed by atoms with Crippen LogP contribution in [0.1, 0.15) is 25.8 Å². The van der Waals surface area contributed by atoms with Gasteiger partial charge in [-0.3, -0.25) is 4.79 Å². The highest BCUT2D eigenvalue weighted by Gasteiger charge is 2.39.